The van der Waals surface area contributed by atoms with E-state index in [-0.39, 0.29) is 5.69 Å². The summed E-state index contributed by atoms with van der Waals surface area (Å²) in [4.78, 5) is 30.1. The Labute approximate surface area is 214 Å². The highest BCUT2D eigenvalue weighted by molar-refractivity contribution is 5.96. The second kappa shape index (κ2) is 11.5. The van der Waals surface area contributed by atoms with Crippen LogP contribution in [0.3, 0.4) is 0 Å². The summed E-state index contributed by atoms with van der Waals surface area (Å²) in [5.74, 6) is -0.392. The number of nitrogens with zero attached hydrogens (tertiary/aromatic N) is 3. The first-order chi connectivity index (χ1) is 17.9. The molecule has 3 aromatic carbocycles. The summed E-state index contributed by atoms with van der Waals surface area (Å²) in [7, 11) is 1.32. The summed E-state index contributed by atoms with van der Waals surface area (Å²) in [6.07, 6.45) is 0.555. The van der Waals surface area contributed by atoms with Gasteiger partial charge in [0.15, 0.2) is 5.96 Å². The molecule has 1 aliphatic rings. The lowest BCUT2D eigenvalue weighted by Crippen LogP contribution is -2.48. The fourth-order valence-electron chi connectivity index (χ4n) is 4.27. The Hall–Kier alpha value is -4.53. The molecule has 0 saturated carbocycles. The number of guanidine groups is 1. The molecule has 0 bridgehead atoms. The number of benzene rings is 3. The molecule has 0 fully saturated rings. The lowest BCUT2D eigenvalue weighted by molar-refractivity contribution is -0.384. The van der Waals surface area contributed by atoms with Gasteiger partial charge >= 0.3 is 5.97 Å². The number of carbonyl (C=O) groups excluding carboxylic acids is 1. The van der Waals surface area contributed by atoms with E-state index >= 15 is 0 Å². The second-order valence-electron chi connectivity index (χ2n) is 8.57. The number of aliphatic imine (C=N–C) groups is 1. The summed E-state index contributed by atoms with van der Waals surface area (Å²) < 4.78 is 19.2. The van der Waals surface area contributed by atoms with Gasteiger partial charge in [0.2, 0.25) is 0 Å². The Morgan fingerprint density at radius 3 is 2.46 bits per heavy atom. The molecule has 37 heavy (non-hydrogen) atoms. The van der Waals surface area contributed by atoms with Gasteiger partial charge in [-0.1, -0.05) is 54.6 Å². The van der Waals surface area contributed by atoms with Crippen molar-refractivity contribution in [1.82, 2.24) is 10.2 Å². The van der Waals surface area contributed by atoms with E-state index in [9.17, 15) is 19.3 Å². The van der Waals surface area contributed by atoms with Gasteiger partial charge in [0.25, 0.3) is 5.69 Å². The first-order valence-corrected chi connectivity index (χ1v) is 11.8. The molecule has 1 aliphatic heterocycles. The molecule has 1 N–H and O–H groups in total. The molecule has 9 heteroatoms. The third-order valence-electron chi connectivity index (χ3n) is 6.19. The first-order valence-electron chi connectivity index (χ1n) is 11.8. The third kappa shape index (κ3) is 6.00. The molecule has 4 rings (SSSR count). The van der Waals surface area contributed by atoms with Gasteiger partial charge in [0, 0.05) is 24.4 Å². The number of carbonyl (C=O) groups is 1. The summed E-state index contributed by atoms with van der Waals surface area (Å²) >= 11 is 0. The average Bonchev–Trinajstić information content (AvgIpc) is 2.90. The van der Waals surface area contributed by atoms with Gasteiger partial charge in [-0.05, 0) is 42.2 Å². The number of nitrogens with one attached hydrogen (secondary N) is 1. The van der Waals surface area contributed by atoms with Gasteiger partial charge < -0.3 is 15.0 Å². The topological polar surface area (TPSA) is 97.1 Å². The highest BCUT2D eigenvalue weighted by Crippen LogP contribution is 2.32. The maximum absolute atomic E-state index is 14.1. The van der Waals surface area contributed by atoms with Crippen LogP contribution in [0.2, 0.25) is 0 Å². The average molecular weight is 503 g/mol. The molecular weight excluding hydrogens is 475 g/mol. The van der Waals surface area contributed by atoms with Crippen molar-refractivity contribution in [2.75, 3.05) is 13.7 Å². The summed E-state index contributed by atoms with van der Waals surface area (Å²) in [5, 5.41) is 14.3. The van der Waals surface area contributed by atoms with Crippen LogP contribution in [0.25, 0.3) is 0 Å². The van der Waals surface area contributed by atoms with Crippen molar-refractivity contribution >= 4 is 17.6 Å². The monoisotopic (exact) mass is 502 g/mol. The number of esters is 1. The van der Waals surface area contributed by atoms with Gasteiger partial charge in [-0.3, -0.25) is 15.1 Å². The Kier molecular flexibility index (Phi) is 7.92. The minimum atomic E-state index is -0.659. The number of nitro benzene ring substituents is 1. The van der Waals surface area contributed by atoms with Crippen molar-refractivity contribution in [2.45, 2.75) is 25.9 Å². The maximum atomic E-state index is 14.1. The quantitative estimate of drug-likeness (QED) is 0.267. The minimum Gasteiger partial charge on any atom is -0.466 e. The fraction of sp³-hybridized carbons (Fsp3) is 0.214. The van der Waals surface area contributed by atoms with Crippen molar-refractivity contribution in [3.05, 3.63) is 123 Å². The molecule has 8 nitrogen and oxygen atoms in total. The van der Waals surface area contributed by atoms with Crippen molar-refractivity contribution in [3.63, 3.8) is 0 Å². The Bertz CT molecular complexity index is 1340. The van der Waals surface area contributed by atoms with Crippen LogP contribution in [0.15, 0.2) is 95.1 Å². The van der Waals surface area contributed by atoms with E-state index < -0.39 is 22.8 Å². The number of non-ortho nitro benzene ring substituents is 1. The van der Waals surface area contributed by atoms with Crippen LogP contribution in [0.1, 0.15) is 29.7 Å². The molecular formula is C28H27FN4O4. The van der Waals surface area contributed by atoms with E-state index in [4.69, 9.17) is 9.73 Å². The highest BCUT2D eigenvalue weighted by atomic mass is 19.1. The van der Waals surface area contributed by atoms with Gasteiger partial charge in [0.1, 0.15) is 5.82 Å². The van der Waals surface area contributed by atoms with Crippen LogP contribution in [0, 0.1) is 15.9 Å². The molecule has 1 atom stereocenters. The molecule has 190 valence electrons. The zero-order valence-electron chi connectivity index (χ0n) is 20.6. The summed E-state index contributed by atoms with van der Waals surface area (Å²) in [5.41, 5.74) is 3.55. The number of allylic oxidation sites excluding steroid dienone is 1. The number of methoxy groups -OCH3 is 1. The van der Waals surface area contributed by atoms with Gasteiger partial charge in [-0.25, -0.2) is 9.18 Å². The van der Waals surface area contributed by atoms with Crippen molar-refractivity contribution in [2.24, 2.45) is 4.99 Å². The summed E-state index contributed by atoms with van der Waals surface area (Å²) in [6.45, 7) is 2.67. The summed E-state index contributed by atoms with van der Waals surface area (Å²) in [6, 6.07) is 21.6. The van der Waals surface area contributed by atoms with Crippen LogP contribution in [0.4, 0.5) is 10.1 Å². The number of nitro groups is 1. The molecule has 1 unspecified atom stereocenters. The molecule has 1 heterocycles. The first kappa shape index (κ1) is 25.6. The van der Waals surface area contributed by atoms with Crippen molar-refractivity contribution < 1.29 is 18.8 Å². The van der Waals surface area contributed by atoms with Crippen LogP contribution in [-0.2, 0) is 22.5 Å². The van der Waals surface area contributed by atoms with Crippen molar-refractivity contribution in [3.8, 4) is 0 Å². The van der Waals surface area contributed by atoms with Crippen LogP contribution in [0.5, 0.6) is 0 Å². The van der Waals surface area contributed by atoms with E-state index in [0.717, 1.165) is 11.1 Å². The van der Waals surface area contributed by atoms with E-state index in [2.05, 4.69) is 5.32 Å². The predicted molar refractivity (Wildman–Crippen MR) is 138 cm³/mol. The predicted octanol–water partition coefficient (Wildman–Crippen LogP) is 4.93. The van der Waals surface area contributed by atoms with E-state index in [1.807, 2.05) is 42.2 Å². The molecule has 0 amide bonds. The minimum absolute atomic E-state index is 0.0343. The molecule has 0 saturated heterocycles. The fourth-order valence-corrected chi connectivity index (χ4v) is 4.27. The number of hydrogen-bond donors (Lipinski definition) is 1. The molecule has 0 aliphatic carbocycles. The Morgan fingerprint density at radius 1 is 1.08 bits per heavy atom. The number of rotatable bonds is 8. The zero-order chi connectivity index (χ0) is 26.4. The van der Waals surface area contributed by atoms with E-state index in [1.165, 1.54) is 31.4 Å². The third-order valence-corrected chi connectivity index (χ3v) is 6.19. The van der Waals surface area contributed by atoms with Gasteiger partial charge in [-0.2, -0.15) is 0 Å². The standard InChI is InChI=1S/C28H27FN4O4/c1-19-25(27(34)37-2)26(22-9-6-10-23(29)17-22)31-28(32(19)18-21-7-4-3-5-8-21)30-16-15-20-11-13-24(14-12-20)33(35)36/h3-14,17,26H,15-16,18H2,1-2H3,(H,30,31). The molecule has 0 spiro atoms. The van der Waals surface area contributed by atoms with Crippen LogP contribution in [-0.4, -0.2) is 35.4 Å². The maximum Gasteiger partial charge on any atom is 0.337 e. The van der Waals surface area contributed by atoms with Crippen LogP contribution < -0.4 is 5.32 Å². The van der Waals surface area contributed by atoms with Gasteiger partial charge in [0.05, 0.1) is 30.2 Å². The molecule has 0 aromatic heterocycles. The number of ether oxygens (including phenoxy) is 1. The SMILES string of the molecule is COC(=O)C1=C(C)N(Cc2ccccc2)C(=NCCc2ccc([N+](=O)[O-])cc2)NC1c1cccc(F)c1. The molecule has 0 radical (unpaired) electrons. The van der Waals surface area contributed by atoms with Gasteiger partial charge in [-0.15, -0.1) is 0 Å². The van der Waals surface area contributed by atoms with Crippen molar-refractivity contribution in [1.29, 1.82) is 0 Å². The largest absolute Gasteiger partial charge is 0.466 e. The number of halogens is 1. The highest BCUT2D eigenvalue weighted by Gasteiger charge is 2.35. The second-order valence-corrected chi connectivity index (χ2v) is 8.57. The number of hydrogen-bond acceptors (Lipinski definition) is 5. The lowest BCUT2D eigenvalue weighted by Gasteiger charge is -2.38. The normalized spacial score (nSPS) is 16.5. The molecule has 3 aromatic rings. The Balaban J connectivity index is 1.70. The van der Waals surface area contributed by atoms with Crippen LogP contribution >= 0.6 is 0 Å². The van der Waals surface area contributed by atoms with E-state index in [0.29, 0.717) is 42.3 Å². The zero-order valence-corrected chi connectivity index (χ0v) is 20.6. The smallest absolute Gasteiger partial charge is 0.337 e. The van der Waals surface area contributed by atoms with E-state index in [1.54, 1.807) is 24.3 Å². The Morgan fingerprint density at radius 2 is 1.81 bits per heavy atom. The lowest BCUT2D eigenvalue weighted by atomic mass is 9.94.